The van der Waals surface area contributed by atoms with E-state index in [1.165, 1.54) is 6.33 Å². The van der Waals surface area contributed by atoms with E-state index < -0.39 is 0 Å². The van der Waals surface area contributed by atoms with Gasteiger partial charge in [-0.25, -0.2) is 15.0 Å². The second-order valence-electron chi connectivity index (χ2n) is 5.79. The van der Waals surface area contributed by atoms with E-state index in [0.717, 1.165) is 38.8 Å². The van der Waals surface area contributed by atoms with Crippen LogP contribution >= 0.6 is 0 Å². The first kappa shape index (κ1) is 17.2. The molecule has 2 heterocycles. The van der Waals surface area contributed by atoms with Crippen LogP contribution in [0.2, 0.25) is 0 Å². The molecule has 0 saturated heterocycles. The Labute approximate surface area is 136 Å². The van der Waals surface area contributed by atoms with Gasteiger partial charge < -0.3 is 15.2 Å². The van der Waals surface area contributed by atoms with E-state index in [2.05, 4.69) is 28.8 Å². The Kier molecular flexibility index (Phi) is 5.90. The van der Waals surface area contributed by atoms with E-state index in [1.54, 1.807) is 10.9 Å². The number of carbonyl (C=O) groups is 1. The summed E-state index contributed by atoms with van der Waals surface area (Å²) in [6, 6.07) is -0.358. The minimum absolute atomic E-state index is 0.100. The summed E-state index contributed by atoms with van der Waals surface area (Å²) in [6.45, 7) is 7.74. The summed E-state index contributed by atoms with van der Waals surface area (Å²) in [7, 11) is 0. The topological polar surface area (TPSA) is 89.9 Å². The molecule has 0 saturated carbocycles. The lowest BCUT2D eigenvalue weighted by Crippen LogP contribution is -2.37. The van der Waals surface area contributed by atoms with Gasteiger partial charge in [0.15, 0.2) is 11.5 Å². The van der Waals surface area contributed by atoms with Crippen molar-refractivity contribution in [2.45, 2.75) is 52.5 Å². The highest BCUT2D eigenvalue weighted by molar-refractivity contribution is 5.85. The molecule has 2 aromatic heterocycles. The van der Waals surface area contributed by atoms with Crippen LogP contribution < -0.4 is 5.73 Å². The number of fused-ring (bicyclic) bond motifs is 1. The standard InChI is InChI=1S/C16H26N6O/c1-4-6-8-21(9-7-5-2)16(23)12(3)22-11-20-13-14(17)18-10-19-15(13)22/h10-12H,4-9H2,1-3H3,(H2,17,18,19)/t12-/m1/s1. The number of nitrogen functional groups attached to an aromatic ring is 1. The number of carbonyl (C=O) groups excluding carboxylic acids is 1. The van der Waals surface area contributed by atoms with Crippen LogP contribution in [0, 0.1) is 0 Å². The molecule has 0 radical (unpaired) electrons. The van der Waals surface area contributed by atoms with Crippen LogP contribution in [-0.4, -0.2) is 43.4 Å². The zero-order valence-corrected chi connectivity index (χ0v) is 14.2. The van der Waals surface area contributed by atoms with Gasteiger partial charge in [0.2, 0.25) is 5.91 Å². The molecule has 0 aliphatic rings. The average molecular weight is 318 g/mol. The minimum Gasteiger partial charge on any atom is -0.382 e. The van der Waals surface area contributed by atoms with Crippen LogP contribution in [-0.2, 0) is 4.79 Å². The highest BCUT2D eigenvalue weighted by Gasteiger charge is 2.23. The smallest absolute Gasteiger partial charge is 0.245 e. The lowest BCUT2D eigenvalue weighted by molar-refractivity contribution is -0.134. The first-order valence-electron chi connectivity index (χ1n) is 8.31. The van der Waals surface area contributed by atoms with Crippen LogP contribution in [0.4, 0.5) is 5.82 Å². The Hall–Kier alpha value is -2.18. The summed E-state index contributed by atoms with van der Waals surface area (Å²) in [5.41, 5.74) is 6.96. The summed E-state index contributed by atoms with van der Waals surface area (Å²) in [5.74, 6) is 0.436. The Bertz CT molecular complexity index is 645. The van der Waals surface area contributed by atoms with Gasteiger partial charge in [-0.05, 0) is 19.8 Å². The normalized spacial score (nSPS) is 12.5. The number of hydrogen-bond acceptors (Lipinski definition) is 5. The van der Waals surface area contributed by atoms with Crippen molar-refractivity contribution in [3.05, 3.63) is 12.7 Å². The molecular formula is C16H26N6O. The molecule has 2 N–H and O–H groups in total. The molecule has 7 nitrogen and oxygen atoms in total. The van der Waals surface area contributed by atoms with Crippen molar-refractivity contribution in [3.63, 3.8) is 0 Å². The van der Waals surface area contributed by atoms with Gasteiger partial charge >= 0.3 is 0 Å². The van der Waals surface area contributed by atoms with Crippen molar-refractivity contribution >= 4 is 22.9 Å². The fourth-order valence-corrected chi connectivity index (χ4v) is 2.57. The van der Waals surface area contributed by atoms with Gasteiger partial charge in [-0.15, -0.1) is 0 Å². The summed E-state index contributed by atoms with van der Waals surface area (Å²) in [5, 5.41) is 0. The van der Waals surface area contributed by atoms with Gasteiger partial charge in [-0.3, -0.25) is 4.79 Å². The second kappa shape index (κ2) is 7.89. The monoisotopic (exact) mass is 318 g/mol. The third-order valence-electron chi connectivity index (χ3n) is 4.04. The molecule has 0 aliphatic carbocycles. The second-order valence-corrected chi connectivity index (χ2v) is 5.79. The van der Waals surface area contributed by atoms with Gasteiger partial charge in [-0.2, -0.15) is 0 Å². The van der Waals surface area contributed by atoms with E-state index in [-0.39, 0.29) is 11.9 Å². The molecule has 0 bridgehead atoms. The number of amides is 1. The molecule has 0 aromatic carbocycles. The molecule has 0 aliphatic heterocycles. The Morgan fingerprint density at radius 3 is 2.48 bits per heavy atom. The predicted molar refractivity (Wildman–Crippen MR) is 90.8 cm³/mol. The van der Waals surface area contributed by atoms with Crippen LogP contribution in [0.1, 0.15) is 52.5 Å². The molecule has 0 unspecified atom stereocenters. The molecule has 1 atom stereocenters. The van der Waals surface area contributed by atoms with Gasteiger partial charge in [0.1, 0.15) is 17.9 Å². The zero-order valence-electron chi connectivity index (χ0n) is 14.2. The molecule has 0 fully saturated rings. The lowest BCUT2D eigenvalue weighted by atomic mass is 10.2. The number of hydrogen-bond donors (Lipinski definition) is 1. The van der Waals surface area contributed by atoms with Gasteiger partial charge in [0.25, 0.3) is 0 Å². The molecule has 7 heteroatoms. The maximum absolute atomic E-state index is 12.9. The van der Waals surface area contributed by atoms with Crippen molar-refractivity contribution in [2.24, 2.45) is 0 Å². The maximum Gasteiger partial charge on any atom is 0.245 e. The summed E-state index contributed by atoms with van der Waals surface area (Å²) < 4.78 is 1.78. The average Bonchev–Trinajstić information content (AvgIpc) is 2.99. The van der Waals surface area contributed by atoms with E-state index >= 15 is 0 Å². The molecule has 126 valence electrons. The first-order valence-corrected chi connectivity index (χ1v) is 8.31. The SMILES string of the molecule is CCCCN(CCCC)C(=O)[C@@H](C)n1cnc2c(N)ncnc21. The highest BCUT2D eigenvalue weighted by Crippen LogP contribution is 2.20. The van der Waals surface area contributed by atoms with Crippen molar-refractivity contribution in [3.8, 4) is 0 Å². The quantitative estimate of drug-likeness (QED) is 0.807. The molecule has 1 amide bonds. The number of aromatic nitrogens is 4. The zero-order chi connectivity index (χ0) is 16.8. The molecule has 2 rings (SSSR count). The molecule has 2 aromatic rings. The summed E-state index contributed by atoms with van der Waals surface area (Å²) in [6.07, 6.45) is 7.20. The van der Waals surface area contributed by atoms with Crippen molar-refractivity contribution in [1.82, 2.24) is 24.4 Å². The van der Waals surface area contributed by atoms with Gasteiger partial charge in [0, 0.05) is 13.1 Å². The van der Waals surface area contributed by atoms with Crippen molar-refractivity contribution in [2.75, 3.05) is 18.8 Å². The van der Waals surface area contributed by atoms with E-state index in [4.69, 9.17) is 5.73 Å². The summed E-state index contributed by atoms with van der Waals surface area (Å²) in [4.78, 5) is 27.2. The van der Waals surface area contributed by atoms with Gasteiger partial charge in [-0.1, -0.05) is 26.7 Å². The lowest BCUT2D eigenvalue weighted by Gasteiger charge is -2.26. The fraction of sp³-hybridized carbons (Fsp3) is 0.625. The highest BCUT2D eigenvalue weighted by atomic mass is 16.2. The third kappa shape index (κ3) is 3.78. The maximum atomic E-state index is 12.9. The number of nitrogens with two attached hydrogens (primary N) is 1. The minimum atomic E-state index is -0.358. The Balaban J connectivity index is 2.22. The number of imidazole rings is 1. The van der Waals surface area contributed by atoms with Crippen molar-refractivity contribution < 1.29 is 4.79 Å². The fourth-order valence-electron chi connectivity index (χ4n) is 2.57. The number of rotatable bonds is 8. The molecule has 23 heavy (non-hydrogen) atoms. The number of nitrogens with zero attached hydrogens (tertiary/aromatic N) is 5. The number of anilines is 1. The van der Waals surface area contributed by atoms with Crippen LogP contribution in [0.5, 0.6) is 0 Å². The molecular weight excluding hydrogens is 292 g/mol. The summed E-state index contributed by atoms with van der Waals surface area (Å²) >= 11 is 0. The third-order valence-corrected chi connectivity index (χ3v) is 4.04. The van der Waals surface area contributed by atoms with E-state index in [9.17, 15) is 4.79 Å². The van der Waals surface area contributed by atoms with Gasteiger partial charge in [0.05, 0.1) is 6.33 Å². The van der Waals surface area contributed by atoms with E-state index in [0.29, 0.717) is 17.0 Å². The Morgan fingerprint density at radius 1 is 1.22 bits per heavy atom. The molecule has 0 spiro atoms. The van der Waals surface area contributed by atoms with E-state index in [1.807, 2.05) is 11.8 Å². The number of unbranched alkanes of at least 4 members (excludes halogenated alkanes) is 2. The van der Waals surface area contributed by atoms with Crippen LogP contribution in [0.25, 0.3) is 11.2 Å². The largest absolute Gasteiger partial charge is 0.382 e. The predicted octanol–water partition coefficient (Wildman–Crippen LogP) is 2.40. The Morgan fingerprint density at radius 2 is 1.87 bits per heavy atom. The van der Waals surface area contributed by atoms with Crippen molar-refractivity contribution in [1.29, 1.82) is 0 Å². The van der Waals surface area contributed by atoms with Crippen LogP contribution in [0.3, 0.4) is 0 Å². The van der Waals surface area contributed by atoms with Crippen LogP contribution in [0.15, 0.2) is 12.7 Å². The first-order chi connectivity index (χ1) is 11.1.